The van der Waals surface area contributed by atoms with Gasteiger partial charge in [-0.15, -0.1) is 11.3 Å². The van der Waals surface area contributed by atoms with Gasteiger partial charge in [0.1, 0.15) is 11.4 Å². The van der Waals surface area contributed by atoms with Crippen molar-refractivity contribution in [1.29, 1.82) is 0 Å². The predicted molar refractivity (Wildman–Crippen MR) is 74.6 cm³/mol. The van der Waals surface area contributed by atoms with Gasteiger partial charge in [0.2, 0.25) is 10.0 Å². The van der Waals surface area contributed by atoms with Crippen LogP contribution < -0.4 is 4.72 Å². The highest BCUT2D eigenvalue weighted by molar-refractivity contribution is 7.92. The molecule has 9 heteroatoms. The first-order valence-corrected chi connectivity index (χ1v) is 8.14. The van der Waals surface area contributed by atoms with Gasteiger partial charge in [-0.2, -0.15) is 0 Å². The van der Waals surface area contributed by atoms with Gasteiger partial charge in [-0.3, -0.25) is 4.72 Å². The molecule has 0 unspecified atom stereocenters. The molecule has 1 rings (SSSR count). The second-order valence-electron chi connectivity index (χ2n) is 4.06. The Labute approximate surface area is 116 Å². The molecule has 0 aliphatic carbocycles. The van der Waals surface area contributed by atoms with E-state index in [9.17, 15) is 8.42 Å². The van der Waals surface area contributed by atoms with Crippen LogP contribution in [0.2, 0.25) is 0 Å². The maximum atomic E-state index is 11.7. The number of sulfonamides is 1. The van der Waals surface area contributed by atoms with Crippen LogP contribution in [0.3, 0.4) is 0 Å². The van der Waals surface area contributed by atoms with Crippen molar-refractivity contribution in [1.82, 2.24) is 4.98 Å². The molecule has 7 nitrogen and oxygen atoms in total. The Hall–Kier alpha value is -1.19. The molecule has 1 aromatic rings. The number of hydrogen-bond donors (Lipinski definition) is 2. The number of anilines is 1. The SMILES string of the molecule is CC(=NO)c1csc(NS(=O)(=O)CCOC(C)C)n1. The molecule has 0 aromatic carbocycles. The summed E-state index contributed by atoms with van der Waals surface area (Å²) in [5.41, 5.74) is 0.758. The van der Waals surface area contributed by atoms with Gasteiger partial charge in [-0.05, 0) is 20.8 Å². The van der Waals surface area contributed by atoms with Gasteiger partial charge in [0, 0.05) is 5.38 Å². The Morgan fingerprint density at radius 2 is 2.32 bits per heavy atom. The molecule has 0 spiro atoms. The first kappa shape index (κ1) is 15.9. The Kier molecular flexibility index (Phi) is 5.70. The first-order chi connectivity index (χ1) is 8.84. The van der Waals surface area contributed by atoms with Crippen LogP contribution >= 0.6 is 11.3 Å². The van der Waals surface area contributed by atoms with Gasteiger partial charge in [-0.1, -0.05) is 5.16 Å². The number of ether oxygens (including phenoxy) is 1. The summed E-state index contributed by atoms with van der Waals surface area (Å²) >= 11 is 1.13. The van der Waals surface area contributed by atoms with E-state index in [1.807, 2.05) is 13.8 Å². The molecule has 0 fully saturated rings. The molecule has 19 heavy (non-hydrogen) atoms. The Balaban J connectivity index is 2.61. The van der Waals surface area contributed by atoms with Gasteiger partial charge in [-0.25, -0.2) is 13.4 Å². The van der Waals surface area contributed by atoms with E-state index in [2.05, 4.69) is 14.9 Å². The summed E-state index contributed by atoms with van der Waals surface area (Å²) in [6.07, 6.45) is -0.00918. The highest BCUT2D eigenvalue weighted by Gasteiger charge is 2.14. The highest BCUT2D eigenvalue weighted by atomic mass is 32.2. The van der Waals surface area contributed by atoms with Crippen LogP contribution in [0.15, 0.2) is 10.5 Å². The molecule has 2 N–H and O–H groups in total. The number of hydrogen-bond acceptors (Lipinski definition) is 7. The molecule has 0 amide bonds. The lowest BCUT2D eigenvalue weighted by atomic mass is 10.3. The molecule has 108 valence electrons. The topological polar surface area (TPSA) is 101 Å². The third-order valence-corrected chi connectivity index (χ3v) is 4.17. The van der Waals surface area contributed by atoms with E-state index in [4.69, 9.17) is 9.94 Å². The Bertz CT molecular complexity index is 537. The monoisotopic (exact) mass is 307 g/mol. The van der Waals surface area contributed by atoms with Crippen molar-refractivity contribution in [3.05, 3.63) is 11.1 Å². The van der Waals surface area contributed by atoms with E-state index in [-0.39, 0.29) is 23.6 Å². The van der Waals surface area contributed by atoms with E-state index in [1.165, 1.54) is 0 Å². The van der Waals surface area contributed by atoms with Crippen molar-refractivity contribution in [2.24, 2.45) is 5.16 Å². The average molecular weight is 307 g/mol. The quantitative estimate of drug-likeness (QED) is 0.452. The minimum atomic E-state index is -3.48. The van der Waals surface area contributed by atoms with Crippen LogP contribution in [-0.2, 0) is 14.8 Å². The van der Waals surface area contributed by atoms with E-state index in [0.717, 1.165) is 11.3 Å². The van der Waals surface area contributed by atoms with Crippen LogP contribution in [-0.4, -0.2) is 42.8 Å². The molecule has 1 aromatic heterocycles. The lowest BCUT2D eigenvalue weighted by Gasteiger charge is -2.08. The molecule has 0 saturated heterocycles. The van der Waals surface area contributed by atoms with E-state index in [1.54, 1.807) is 12.3 Å². The second kappa shape index (κ2) is 6.83. The van der Waals surface area contributed by atoms with Gasteiger partial charge in [0.25, 0.3) is 0 Å². The Morgan fingerprint density at radius 3 is 2.89 bits per heavy atom. The van der Waals surface area contributed by atoms with E-state index < -0.39 is 10.0 Å². The zero-order valence-corrected chi connectivity index (χ0v) is 12.6. The number of nitrogens with one attached hydrogen (secondary N) is 1. The average Bonchev–Trinajstić information content (AvgIpc) is 2.74. The number of aromatic nitrogens is 1. The largest absolute Gasteiger partial charge is 0.411 e. The van der Waals surface area contributed by atoms with Gasteiger partial charge in [0.05, 0.1) is 18.5 Å². The summed E-state index contributed by atoms with van der Waals surface area (Å²) in [5.74, 6) is -0.132. The summed E-state index contributed by atoms with van der Waals surface area (Å²) in [6, 6.07) is 0. The normalized spacial score (nSPS) is 12.9. The molecule has 0 saturated carbocycles. The lowest BCUT2D eigenvalue weighted by Crippen LogP contribution is -2.21. The third-order valence-electron chi connectivity index (χ3n) is 2.07. The molecular weight excluding hydrogens is 290 g/mol. The maximum absolute atomic E-state index is 11.7. The fraction of sp³-hybridized carbons (Fsp3) is 0.600. The molecule has 0 aliphatic rings. The van der Waals surface area contributed by atoms with Crippen molar-refractivity contribution in [3.8, 4) is 0 Å². The van der Waals surface area contributed by atoms with Crippen LogP contribution in [0.5, 0.6) is 0 Å². The standard InChI is InChI=1S/C10H17N3O4S2/c1-7(2)17-4-5-19(15,16)13-10-11-9(6-18-10)8(3)12-14/h6-7,14H,4-5H2,1-3H3,(H,11,13). The molecule has 1 heterocycles. The van der Waals surface area contributed by atoms with E-state index >= 15 is 0 Å². The number of rotatable bonds is 7. The molecular formula is C10H17N3O4S2. The lowest BCUT2D eigenvalue weighted by molar-refractivity contribution is 0.0913. The number of nitrogens with zero attached hydrogens (tertiary/aromatic N) is 2. The van der Waals surface area contributed by atoms with Crippen LogP contribution in [0.25, 0.3) is 0 Å². The molecule has 0 bridgehead atoms. The summed E-state index contributed by atoms with van der Waals surface area (Å²) in [5, 5.41) is 13.4. The minimum Gasteiger partial charge on any atom is -0.411 e. The minimum absolute atomic E-state index is 0.00918. The Morgan fingerprint density at radius 1 is 1.63 bits per heavy atom. The van der Waals surface area contributed by atoms with Crippen molar-refractivity contribution in [3.63, 3.8) is 0 Å². The molecule has 0 aliphatic heterocycles. The molecule has 0 atom stereocenters. The van der Waals surface area contributed by atoms with Gasteiger partial charge < -0.3 is 9.94 Å². The van der Waals surface area contributed by atoms with Crippen molar-refractivity contribution < 1.29 is 18.4 Å². The number of thiazole rings is 1. The summed E-state index contributed by atoms with van der Waals surface area (Å²) < 4.78 is 31.0. The van der Waals surface area contributed by atoms with Crippen molar-refractivity contribution in [2.45, 2.75) is 26.9 Å². The summed E-state index contributed by atoms with van der Waals surface area (Å²) in [4.78, 5) is 4.01. The maximum Gasteiger partial charge on any atom is 0.236 e. The van der Waals surface area contributed by atoms with Gasteiger partial charge in [0.15, 0.2) is 5.13 Å². The zero-order valence-electron chi connectivity index (χ0n) is 11.0. The van der Waals surface area contributed by atoms with Crippen molar-refractivity contribution in [2.75, 3.05) is 17.1 Å². The fourth-order valence-corrected chi connectivity index (χ4v) is 3.02. The van der Waals surface area contributed by atoms with Crippen molar-refractivity contribution >= 4 is 32.2 Å². The highest BCUT2D eigenvalue weighted by Crippen LogP contribution is 2.17. The first-order valence-electron chi connectivity index (χ1n) is 5.60. The summed E-state index contributed by atoms with van der Waals surface area (Å²) in [6.45, 7) is 5.38. The predicted octanol–water partition coefficient (Wildman–Crippen LogP) is 1.51. The smallest absolute Gasteiger partial charge is 0.236 e. The van der Waals surface area contributed by atoms with Gasteiger partial charge >= 0.3 is 0 Å². The molecule has 0 radical (unpaired) electrons. The zero-order chi connectivity index (χ0) is 14.5. The van der Waals surface area contributed by atoms with Crippen LogP contribution in [0.1, 0.15) is 26.5 Å². The fourth-order valence-electron chi connectivity index (χ4n) is 1.12. The van der Waals surface area contributed by atoms with E-state index in [0.29, 0.717) is 11.4 Å². The second-order valence-corrected chi connectivity index (χ2v) is 6.76. The van der Waals surface area contributed by atoms with Crippen LogP contribution in [0.4, 0.5) is 5.13 Å². The van der Waals surface area contributed by atoms with Crippen LogP contribution in [0, 0.1) is 0 Å². The third kappa shape index (κ3) is 5.53. The summed E-state index contributed by atoms with van der Waals surface area (Å²) in [7, 11) is -3.48. The number of oxime groups is 1.